The monoisotopic (exact) mass is 334 g/mol. The van der Waals surface area contributed by atoms with E-state index in [0.717, 1.165) is 5.56 Å². The maximum atomic E-state index is 12.5. The number of methoxy groups -OCH3 is 1. The first-order valence-corrected chi connectivity index (χ1v) is 7.59. The average molecular weight is 335 g/mol. The Balaban J connectivity index is 2.15. The average Bonchev–Trinajstić information content (AvgIpc) is 2.56. The molecule has 1 heterocycles. The molecule has 1 amide bonds. The van der Waals surface area contributed by atoms with Crippen LogP contribution >= 0.6 is 11.6 Å². The SMILES string of the molecule is CCOc1ccc(CN(C)C(=O)c2ccncc2Cl)cc1OC. The van der Waals surface area contributed by atoms with Crippen LogP contribution in [0.5, 0.6) is 11.5 Å². The zero-order chi connectivity index (χ0) is 16.8. The van der Waals surface area contributed by atoms with Gasteiger partial charge in [0.2, 0.25) is 0 Å². The highest BCUT2D eigenvalue weighted by Gasteiger charge is 2.16. The third kappa shape index (κ3) is 4.13. The second-order valence-electron chi connectivity index (χ2n) is 4.93. The van der Waals surface area contributed by atoms with Crippen molar-refractivity contribution in [1.82, 2.24) is 9.88 Å². The summed E-state index contributed by atoms with van der Waals surface area (Å²) in [4.78, 5) is 17.9. The first kappa shape index (κ1) is 17.1. The molecule has 1 aromatic carbocycles. The van der Waals surface area contributed by atoms with E-state index in [9.17, 15) is 4.79 Å². The minimum absolute atomic E-state index is 0.162. The number of benzene rings is 1. The van der Waals surface area contributed by atoms with Gasteiger partial charge in [0.1, 0.15) is 0 Å². The number of carbonyl (C=O) groups is 1. The Morgan fingerprint density at radius 1 is 1.30 bits per heavy atom. The lowest BCUT2D eigenvalue weighted by Crippen LogP contribution is -2.26. The van der Waals surface area contributed by atoms with Crippen molar-refractivity contribution in [3.63, 3.8) is 0 Å². The van der Waals surface area contributed by atoms with Crippen molar-refractivity contribution in [2.24, 2.45) is 0 Å². The van der Waals surface area contributed by atoms with Gasteiger partial charge in [-0.05, 0) is 30.7 Å². The van der Waals surface area contributed by atoms with Crippen LogP contribution in [-0.2, 0) is 6.54 Å². The van der Waals surface area contributed by atoms with Gasteiger partial charge in [0.15, 0.2) is 11.5 Å². The number of hydrogen-bond acceptors (Lipinski definition) is 4. The number of hydrogen-bond donors (Lipinski definition) is 0. The summed E-state index contributed by atoms with van der Waals surface area (Å²) in [5, 5.41) is 0.341. The van der Waals surface area contributed by atoms with Crippen LogP contribution in [0.15, 0.2) is 36.7 Å². The molecule has 0 bridgehead atoms. The van der Waals surface area contributed by atoms with Gasteiger partial charge in [0.05, 0.1) is 24.3 Å². The Morgan fingerprint density at radius 3 is 2.74 bits per heavy atom. The molecule has 23 heavy (non-hydrogen) atoms. The van der Waals surface area contributed by atoms with E-state index in [4.69, 9.17) is 21.1 Å². The van der Waals surface area contributed by atoms with Crippen LogP contribution in [0.3, 0.4) is 0 Å². The minimum atomic E-state index is -0.162. The first-order valence-electron chi connectivity index (χ1n) is 7.21. The molecule has 2 aromatic rings. The molecular formula is C17H19ClN2O3. The molecule has 0 unspecified atom stereocenters. The molecule has 0 saturated heterocycles. The normalized spacial score (nSPS) is 10.3. The summed E-state index contributed by atoms with van der Waals surface area (Å²) in [7, 11) is 3.31. The molecular weight excluding hydrogens is 316 g/mol. The predicted octanol–water partition coefficient (Wildman–Crippen LogP) is 3.41. The van der Waals surface area contributed by atoms with Gasteiger partial charge in [0.25, 0.3) is 5.91 Å². The third-order valence-electron chi connectivity index (χ3n) is 3.30. The summed E-state index contributed by atoms with van der Waals surface area (Å²) in [6, 6.07) is 7.23. The second kappa shape index (κ2) is 7.83. The minimum Gasteiger partial charge on any atom is -0.493 e. The van der Waals surface area contributed by atoms with Crippen molar-refractivity contribution in [3.8, 4) is 11.5 Å². The summed E-state index contributed by atoms with van der Waals surface area (Å²) >= 11 is 6.02. The van der Waals surface area contributed by atoms with Crippen molar-refractivity contribution in [2.45, 2.75) is 13.5 Å². The highest BCUT2D eigenvalue weighted by Crippen LogP contribution is 2.28. The molecule has 0 saturated carbocycles. The predicted molar refractivity (Wildman–Crippen MR) is 89.2 cm³/mol. The number of rotatable bonds is 6. The van der Waals surface area contributed by atoms with Crippen LogP contribution in [0.1, 0.15) is 22.8 Å². The molecule has 0 fully saturated rings. The topological polar surface area (TPSA) is 51.7 Å². The van der Waals surface area contributed by atoms with Crippen LogP contribution in [0.2, 0.25) is 5.02 Å². The lowest BCUT2D eigenvalue weighted by Gasteiger charge is -2.19. The van der Waals surface area contributed by atoms with Crippen molar-refractivity contribution < 1.29 is 14.3 Å². The zero-order valence-electron chi connectivity index (χ0n) is 13.4. The van der Waals surface area contributed by atoms with Crippen molar-refractivity contribution >= 4 is 17.5 Å². The van der Waals surface area contributed by atoms with E-state index < -0.39 is 0 Å². The van der Waals surface area contributed by atoms with Crippen molar-refractivity contribution in [3.05, 3.63) is 52.8 Å². The van der Waals surface area contributed by atoms with Crippen LogP contribution in [-0.4, -0.2) is 36.6 Å². The Kier molecular flexibility index (Phi) is 5.82. The number of carbonyl (C=O) groups excluding carboxylic acids is 1. The Morgan fingerprint density at radius 2 is 2.09 bits per heavy atom. The largest absolute Gasteiger partial charge is 0.493 e. The van der Waals surface area contributed by atoms with Gasteiger partial charge in [-0.25, -0.2) is 0 Å². The van der Waals surface area contributed by atoms with E-state index in [1.807, 2.05) is 25.1 Å². The molecule has 5 nitrogen and oxygen atoms in total. The van der Waals surface area contributed by atoms with Crippen LogP contribution < -0.4 is 9.47 Å². The highest BCUT2D eigenvalue weighted by molar-refractivity contribution is 6.33. The van der Waals surface area contributed by atoms with Crippen LogP contribution in [0.25, 0.3) is 0 Å². The number of halogens is 1. The molecule has 2 rings (SSSR count). The fourth-order valence-electron chi connectivity index (χ4n) is 2.19. The fraction of sp³-hybridized carbons (Fsp3) is 0.294. The van der Waals surface area contributed by atoms with Crippen LogP contribution in [0, 0.1) is 0 Å². The fourth-order valence-corrected chi connectivity index (χ4v) is 2.39. The molecule has 0 spiro atoms. The van der Waals surface area contributed by atoms with Gasteiger partial charge in [-0.1, -0.05) is 17.7 Å². The molecule has 0 atom stereocenters. The summed E-state index contributed by atoms with van der Waals surface area (Å²) in [6.07, 6.45) is 3.01. The molecule has 0 aliphatic carbocycles. The van der Waals surface area contributed by atoms with E-state index in [2.05, 4.69) is 4.98 Å². The standard InChI is InChI=1S/C17H19ClN2O3/c1-4-23-15-6-5-12(9-16(15)22-3)11-20(2)17(21)13-7-8-19-10-14(13)18/h5-10H,4,11H2,1-3H3. The summed E-state index contributed by atoms with van der Waals surface area (Å²) in [5.41, 5.74) is 1.37. The Bertz CT molecular complexity index is 691. The Hall–Kier alpha value is -2.27. The second-order valence-corrected chi connectivity index (χ2v) is 5.34. The first-order chi connectivity index (χ1) is 11.1. The number of nitrogens with zero attached hydrogens (tertiary/aromatic N) is 2. The van der Waals surface area contributed by atoms with Crippen LogP contribution in [0.4, 0.5) is 0 Å². The molecule has 1 aromatic heterocycles. The zero-order valence-corrected chi connectivity index (χ0v) is 14.1. The van der Waals surface area contributed by atoms with Crippen molar-refractivity contribution in [1.29, 1.82) is 0 Å². The lowest BCUT2D eigenvalue weighted by atomic mass is 10.1. The molecule has 122 valence electrons. The molecule has 0 radical (unpaired) electrons. The molecule has 0 N–H and O–H groups in total. The number of ether oxygens (including phenoxy) is 2. The van der Waals surface area contributed by atoms with E-state index in [1.54, 1.807) is 31.3 Å². The van der Waals surface area contributed by atoms with Gasteiger partial charge in [-0.3, -0.25) is 9.78 Å². The summed E-state index contributed by atoms with van der Waals surface area (Å²) in [5.74, 6) is 1.17. The van der Waals surface area contributed by atoms with E-state index in [0.29, 0.717) is 35.2 Å². The van der Waals surface area contributed by atoms with Gasteiger partial charge >= 0.3 is 0 Å². The molecule has 0 aliphatic rings. The molecule has 6 heteroatoms. The van der Waals surface area contributed by atoms with Gasteiger partial charge in [0, 0.05) is 26.0 Å². The van der Waals surface area contributed by atoms with Gasteiger partial charge in [-0.15, -0.1) is 0 Å². The van der Waals surface area contributed by atoms with Gasteiger partial charge < -0.3 is 14.4 Å². The smallest absolute Gasteiger partial charge is 0.255 e. The quantitative estimate of drug-likeness (QED) is 0.812. The highest BCUT2D eigenvalue weighted by atomic mass is 35.5. The maximum absolute atomic E-state index is 12.5. The lowest BCUT2D eigenvalue weighted by molar-refractivity contribution is 0.0785. The number of amides is 1. The third-order valence-corrected chi connectivity index (χ3v) is 3.60. The summed E-state index contributed by atoms with van der Waals surface area (Å²) in [6.45, 7) is 2.91. The maximum Gasteiger partial charge on any atom is 0.255 e. The number of aromatic nitrogens is 1. The van der Waals surface area contributed by atoms with E-state index in [1.165, 1.54) is 6.20 Å². The Labute approximate surface area is 140 Å². The van der Waals surface area contributed by atoms with E-state index >= 15 is 0 Å². The summed E-state index contributed by atoms with van der Waals surface area (Å²) < 4.78 is 10.8. The van der Waals surface area contributed by atoms with Crippen molar-refractivity contribution in [2.75, 3.05) is 20.8 Å². The van der Waals surface area contributed by atoms with E-state index in [-0.39, 0.29) is 5.91 Å². The molecule has 0 aliphatic heterocycles. The number of pyridine rings is 1. The van der Waals surface area contributed by atoms with Gasteiger partial charge in [-0.2, -0.15) is 0 Å².